The molecule has 0 unspecified atom stereocenters. The van der Waals surface area contributed by atoms with Gasteiger partial charge in [0.2, 0.25) is 0 Å². The van der Waals surface area contributed by atoms with E-state index >= 15 is 0 Å². The van der Waals surface area contributed by atoms with E-state index in [0.29, 0.717) is 12.8 Å². The van der Waals surface area contributed by atoms with Gasteiger partial charge in [0.05, 0.1) is 0 Å². The van der Waals surface area contributed by atoms with Crippen LogP contribution < -0.4 is 16.4 Å². The lowest BCUT2D eigenvalue weighted by atomic mass is 9.86. The minimum Gasteiger partial charge on any atom is -0.386 e. The van der Waals surface area contributed by atoms with Gasteiger partial charge in [-0.1, -0.05) is 12.8 Å². The average molecular weight is 267 g/mol. The summed E-state index contributed by atoms with van der Waals surface area (Å²) in [6.07, 6.45) is 5.90. The van der Waals surface area contributed by atoms with Gasteiger partial charge in [-0.25, -0.2) is 4.79 Å². The Labute approximate surface area is 114 Å². The summed E-state index contributed by atoms with van der Waals surface area (Å²) < 4.78 is 0. The topological polar surface area (TPSA) is 94.2 Å². The van der Waals surface area contributed by atoms with Gasteiger partial charge in [-0.15, -0.1) is 0 Å². The molecule has 6 nitrogen and oxygen atoms in total. The zero-order chi connectivity index (χ0) is 13.9. The van der Waals surface area contributed by atoms with E-state index in [4.69, 9.17) is 11.1 Å². The lowest BCUT2D eigenvalue weighted by Gasteiger charge is -2.40. The maximum Gasteiger partial charge on any atom is 0.315 e. The Kier molecular flexibility index (Phi) is 4.29. The molecular formula is C13H25N5O. The molecule has 1 saturated heterocycles. The van der Waals surface area contributed by atoms with E-state index < -0.39 is 5.54 Å². The van der Waals surface area contributed by atoms with Gasteiger partial charge in [0.25, 0.3) is 0 Å². The van der Waals surface area contributed by atoms with Crippen molar-refractivity contribution < 1.29 is 4.79 Å². The number of amidine groups is 1. The summed E-state index contributed by atoms with van der Waals surface area (Å²) in [5.74, 6) is 0.0715. The predicted octanol–water partition coefficient (Wildman–Crippen LogP) is 0.629. The number of carbonyl (C=O) groups excluding carboxylic acids is 1. The normalized spacial score (nSPS) is 24.1. The maximum atomic E-state index is 12.1. The molecule has 0 radical (unpaired) electrons. The van der Waals surface area contributed by atoms with Crippen molar-refractivity contribution in [2.45, 2.75) is 50.1 Å². The van der Waals surface area contributed by atoms with Crippen LogP contribution in [0.3, 0.4) is 0 Å². The van der Waals surface area contributed by atoms with Crippen LogP contribution in [0.2, 0.25) is 0 Å². The van der Waals surface area contributed by atoms with Crippen molar-refractivity contribution in [1.82, 2.24) is 15.5 Å². The molecule has 19 heavy (non-hydrogen) atoms. The smallest absolute Gasteiger partial charge is 0.315 e. The molecule has 0 bridgehead atoms. The fourth-order valence-corrected chi connectivity index (χ4v) is 2.97. The molecule has 0 aromatic carbocycles. The van der Waals surface area contributed by atoms with E-state index in [-0.39, 0.29) is 17.9 Å². The largest absolute Gasteiger partial charge is 0.386 e. The number of hydrogen-bond donors (Lipinski definition) is 4. The predicted molar refractivity (Wildman–Crippen MR) is 75.3 cm³/mol. The second-order valence-corrected chi connectivity index (χ2v) is 5.88. The number of hydrogen-bond acceptors (Lipinski definition) is 3. The SMILES string of the molecule is CN1CCC(NC(=O)NC2CCCC2)(C(=N)N)CC1. The van der Waals surface area contributed by atoms with Crippen molar-refractivity contribution >= 4 is 11.9 Å². The highest BCUT2D eigenvalue weighted by atomic mass is 16.2. The quantitative estimate of drug-likeness (QED) is 0.446. The maximum absolute atomic E-state index is 12.1. The van der Waals surface area contributed by atoms with Gasteiger partial charge >= 0.3 is 6.03 Å². The van der Waals surface area contributed by atoms with Crippen LogP contribution in [-0.4, -0.2) is 48.5 Å². The van der Waals surface area contributed by atoms with Crippen molar-refractivity contribution in [2.24, 2.45) is 5.73 Å². The van der Waals surface area contributed by atoms with Gasteiger partial charge in [0.15, 0.2) is 0 Å². The number of likely N-dealkylation sites (tertiary alicyclic amines) is 1. The highest BCUT2D eigenvalue weighted by Crippen LogP contribution is 2.22. The number of rotatable bonds is 3. The molecule has 5 N–H and O–H groups in total. The molecule has 0 aromatic rings. The van der Waals surface area contributed by atoms with Gasteiger partial charge < -0.3 is 21.3 Å². The molecule has 2 amide bonds. The van der Waals surface area contributed by atoms with Gasteiger partial charge in [0, 0.05) is 19.1 Å². The Morgan fingerprint density at radius 2 is 1.89 bits per heavy atom. The van der Waals surface area contributed by atoms with Crippen LogP contribution in [0, 0.1) is 5.41 Å². The molecule has 1 aliphatic heterocycles. The van der Waals surface area contributed by atoms with Gasteiger partial charge in [-0.05, 0) is 32.7 Å². The van der Waals surface area contributed by atoms with Crippen molar-refractivity contribution in [3.05, 3.63) is 0 Å². The van der Waals surface area contributed by atoms with Crippen LogP contribution in [-0.2, 0) is 0 Å². The van der Waals surface area contributed by atoms with Gasteiger partial charge in [0.1, 0.15) is 11.4 Å². The first-order chi connectivity index (χ1) is 9.02. The number of nitrogens with one attached hydrogen (secondary N) is 3. The van der Waals surface area contributed by atoms with Crippen molar-refractivity contribution in [3.8, 4) is 0 Å². The fourth-order valence-electron chi connectivity index (χ4n) is 2.97. The monoisotopic (exact) mass is 267 g/mol. The lowest BCUT2D eigenvalue weighted by molar-refractivity contribution is 0.190. The Hall–Kier alpha value is -1.30. The molecule has 1 saturated carbocycles. The third kappa shape index (κ3) is 3.37. The fraction of sp³-hybridized carbons (Fsp3) is 0.846. The zero-order valence-corrected chi connectivity index (χ0v) is 11.7. The van der Waals surface area contributed by atoms with E-state index in [1.165, 1.54) is 12.8 Å². The molecule has 0 atom stereocenters. The standard InChI is InChI=1S/C13H25N5O/c1-18-8-6-13(7-9-18,11(14)15)17-12(19)16-10-4-2-3-5-10/h10H,2-9H2,1H3,(H3,14,15)(H2,16,17,19). The van der Waals surface area contributed by atoms with Crippen LogP contribution >= 0.6 is 0 Å². The second kappa shape index (κ2) is 5.77. The third-order valence-corrected chi connectivity index (χ3v) is 4.40. The van der Waals surface area contributed by atoms with Crippen molar-refractivity contribution in [3.63, 3.8) is 0 Å². The average Bonchev–Trinajstić information content (AvgIpc) is 2.84. The van der Waals surface area contributed by atoms with Crippen LogP contribution in [0.5, 0.6) is 0 Å². The summed E-state index contributed by atoms with van der Waals surface area (Å²) >= 11 is 0. The summed E-state index contributed by atoms with van der Waals surface area (Å²) in [5, 5.41) is 13.8. The molecular weight excluding hydrogens is 242 g/mol. The number of piperidine rings is 1. The van der Waals surface area contributed by atoms with E-state index in [2.05, 4.69) is 15.5 Å². The summed E-state index contributed by atoms with van der Waals surface area (Å²) in [5.41, 5.74) is 5.07. The lowest BCUT2D eigenvalue weighted by Crippen LogP contribution is -2.63. The zero-order valence-electron chi connectivity index (χ0n) is 11.7. The molecule has 0 spiro atoms. The first-order valence-electron chi connectivity index (χ1n) is 7.13. The van der Waals surface area contributed by atoms with E-state index in [0.717, 1.165) is 25.9 Å². The van der Waals surface area contributed by atoms with Gasteiger partial charge in [-0.3, -0.25) is 5.41 Å². The number of nitrogens with two attached hydrogens (primary N) is 1. The highest BCUT2D eigenvalue weighted by molar-refractivity contribution is 5.92. The minimum absolute atomic E-state index is 0.0715. The number of urea groups is 1. The molecule has 2 aliphatic rings. The Morgan fingerprint density at radius 3 is 2.42 bits per heavy atom. The molecule has 1 heterocycles. The van der Waals surface area contributed by atoms with Crippen LogP contribution in [0.15, 0.2) is 0 Å². The number of nitrogens with zero attached hydrogens (tertiary/aromatic N) is 1. The molecule has 1 aliphatic carbocycles. The third-order valence-electron chi connectivity index (χ3n) is 4.40. The highest BCUT2D eigenvalue weighted by Gasteiger charge is 2.38. The molecule has 0 aromatic heterocycles. The number of amides is 2. The van der Waals surface area contributed by atoms with E-state index in [1.54, 1.807) is 0 Å². The van der Waals surface area contributed by atoms with Crippen molar-refractivity contribution in [1.29, 1.82) is 5.41 Å². The summed E-state index contributed by atoms with van der Waals surface area (Å²) in [6.45, 7) is 1.70. The Morgan fingerprint density at radius 1 is 1.32 bits per heavy atom. The molecule has 2 fully saturated rings. The summed E-state index contributed by atoms with van der Waals surface area (Å²) in [7, 11) is 2.04. The summed E-state index contributed by atoms with van der Waals surface area (Å²) in [4.78, 5) is 14.3. The van der Waals surface area contributed by atoms with E-state index in [1.807, 2.05) is 7.05 Å². The molecule has 108 valence electrons. The first-order valence-corrected chi connectivity index (χ1v) is 7.13. The van der Waals surface area contributed by atoms with Crippen LogP contribution in [0.1, 0.15) is 38.5 Å². The van der Waals surface area contributed by atoms with Crippen LogP contribution in [0.4, 0.5) is 4.79 Å². The molecule has 2 rings (SSSR count). The van der Waals surface area contributed by atoms with Crippen LogP contribution in [0.25, 0.3) is 0 Å². The minimum atomic E-state index is -0.658. The first kappa shape index (κ1) is 14.1. The summed E-state index contributed by atoms with van der Waals surface area (Å²) in [6, 6.07) is 0.113. The Bertz CT molecular complexity index is 343. The van der Waals surface area contributed by atoms with Gasteiger partial charge in [-0.2, -0.15) is 0 Å². The molecule has 6 heteroatoms. The number of carbonyl (C=O) groups is 1. The van der Waals surface area contributed by atoms with Crippen molar-refractivity contribution in [2.75, 3.05) is 20.1 Å². The Balaban J connectivity index is 1.92. The second-order valence-electron chi connectivity index (χ2n) is 5.88. The van der Waals surface area contributed by atoms with E-state index in [9.17, 15) is 4.79 Å².